The lowest BCUT2D eigenvalue weighted by atomic mass is 10.1. The number of rotatable bonds is 5. The van der Waals surface area contributed by atoms with Gasteiger partial charge in [0.1, 0.15) is 5.75 Å². The summed E-state index contributed by atoms with van der Waals surface area (Å²) in [6.07, 6.45) is 1.76. The van der Waals surface area contributed by atoms with Crippen molar-refractivity contribution in [3.8, 4) is 5.75 Å². The second kappa shape index (κ2) is 13.6. The molecule has 0 radical (unpaired) electrons. The minimum Gasteiger partial charge on any atom is -0.409 e. The quantitative estimate of drug-likeness (QED) is 0.536. The van der Waals surface area contributed by atoms with Gasteiger partial charge in [-0.2, -0.15) is 0 Å². The second-order valence-electron chi connectivity index (χ2n) is 4.90. The van der Waals surface area contributed by atoms with E-state index >= 15 is 0 Å². The Labute approximate surface area is 159 Å². The fourth-order valence-electron chi connectivity index (χ4n) is 2.18. The SMILES string of the molecule is CC.CCCCN(CC)C(=O)Oc1ccc2ccccc2c1Br.CF. The molecule has 140 valence electrons. The molecule has 0 saturated carbocycles. The number of amides is 1. The molecule has 0 aliphatic heterocycles. The van der Waals surface area contributed by atoms with Crippen LogP contribution in [0.3, 0.4) is 0 Å². The highest BCUT2D eigenvalue weighted by Crippen LogP contribution is 2.33. The fourth-order valence-corrected chi connectivity index (χ4v) is 2.75. The lowest BCUT2D eigenvalue weighted by molar-refractivity contribution is 0.154. The van der Waals surface area contributed by atoms with E-state index < -0.39 is 0 Å². The van der Waals surface area contributed by atoms with E-state index in [1.54, 1.807) is 4.90 Å². The fraction of sp³-hybridized carbons (Fsp3) is 0.450. The number of halogens is 2. The first kappa shape index (κ1) is 23.4. The molecule has 0 unspecified atom stereocenters. The van der Waals surface area contributed by atoms with Gasteiger partial charge in [0.15, 0.2) is 0 Å². The van der Waals surface area contributed by atoms with Crippen LogP contribution in [0.25, 0.3) is 10.8 Å². The van der Waals surface area contributed by atoms with Crippen LogP contribution >= 0.6 is 15.9 Å². The van der Waals surface area contributed by atoms with E-state index in [1.807, 2.05) is 57.2 Å². The molecular weight excluding hydrogens is 385 g/mol. The second-order valence-corrected chi connectivity index (χ2v) is 5.69. The predicted octanol–water partition coefficient (Wildman–Crippen LogP) is 6.84. The number of hydrogen-bond donors (Lipinski definition) is 0. The van der Waals surface area contributed by atoms with E-state index in [1.165, 1.54) is 0 Å². The number of carbonyl (C=O) groups is 1. The van der Waals surface area contributed by atoms with Crippen molar-refractivity contribution >= 4 is 32.8 Å². The molecule has 2 rings (SSSR count). The highest BCUT2D eigenvalue weighted by atomic mass is 79.9. The predicted molar refractivity (Wildman–Crippen MR) is 108 cm³/mol. The summed E-state index contributed by atoms with van der Waals surface area (Å²) < 4.78 is 15.9. The maximum atomic E-state index is 12.2. The monoisotopic (exact) mass is 413 g/mol. The van der Waals surface area contributed by atoms with Gasteiger partial charge >= 0.3 is 6.09 Å². The molecule has 0 saturated heterocycles. The van der Waals surface area contributed by atoms with Gasteiger partial charge in [-0.05, 0) is 46.1 Å². The normalized spacial score (nSPS) is 9.40. The topological polar surface area (TPSA) is 29.5 Å². The van der Waals surface area contributed by atoms with Crippen LogP contribution in [0, 0.1) is 0 Å². The first-order valence-corrected chi connectivity index (χ1v) is 9.48. The summed E-state index contributed by atoms with van der Waals surface area (Å²) >= 11 is 3.54. The standard InChI is InChI=1S/C17H20BrNO2.C2H6.CH3F/c1-3-5-12-19(4-2)17(20)21-15-11-10-13-8-6-7-9-14(13)16(15)18;2*1-2/h6-11H,3-5,12H2,1-2H3;1-2H3;1H3. The van der Waals surface area contributed by atoms with Gasteiger partial charge in [-0.3, -0.25) is 4.39 Å². The number of alkyl halides is 1. The molecule has 2 aromatic carbocycles. The molecule has 0 atom stereocenters. The van der Waals surface area contributed by atoms with Crippen molar-refractivity contribution in [1.82, 2.24) is 4.90 Å². The number of hydrogen-bond acceptors (Lipinski definition) is 2. The van der Waals surface area contributed by atoms with Crippen LogP contribution in [0.4, 0.5) is 9.18 Å². The molecule has 0 fully saturated rings. The third-order valence-electron chi connectivity index (χ3n) is 3.45. The zero-order valence-electron chi connectivity index (χ0n) is 15.8. The average molecular weight is 414 g/mol. The summed E-state index contributed by atoms with van der Waals surface area (Å²) in [6, 6.07) is 11.8. The van der Waals surface area contributed by atoms with Crippen molar-refractivity contribution < 1.29 is 13.9 Å². The summed E-state index contributed by atoms with van der Waals surface area (Å²) in [7, 11) is 0.500. The largest absolute Gasteiger partial charge is 0.415 e. The lowest BCUT2D eigenvalue weighted by Crippen LogP contribution is -2.34. The number of nitrogens with zero attached hydrogens (tertiary/aromatic N) is 1. The van der Waals surface area contributed by atoms with Crippen molar-refractivity contribution in [3.63, 3.8) is 0 Å². The van der Waals surface area contributed by atoms with Crippen LogP contribution in [-0.4, -0.2) is 31.3 Å². The molecule has 0 spiro atoms. The molecule has 0 aliphatic carbocycles. The summed E-state index contributed by atoms with van der Waals surface area (Å²) in [5, 5.41) is 2.15. The van der Waals surface area contributed by atoms with E-state index in [4.69, 9.17) is 4.74 Å². The van der Waals surface area contributed by atoms with Gasteiger partial charge in [-0.25, -0.2) is 4.79 Å². The number of fused-ring (bicyclic) bond motifs is 1. The molecule has 0 heterocycles. The smallest absolute Gasteiger partial charge is 0.409 e. The van der Waals surface area contributed by atoms with Crippen LogP contribution in [0.1, 0.15) is 40.5 Å². The van der Waals surface area contributed by atoms with Crippen LogP contribution < -0.4 is 4.74 Å². The molecule has 2 aromatic rings. The lowest BCUT2D eigenvalue weighted by Gasteiger charge is -2.20. The minimum atomic E-state index is -0.290. The molecule has 0 aliphatic rings. The molecule has 0 bridgehead atoms. The Kier molecular flexibility index (Phi) is 12.8. The number of benzene rings is 2. The number of unbranched alkanes of at least 4 members (excludes halogenated alkanes) is 1. The molecule has 0 N–H and O–H groups in total. The van der Waals surface area contributed by atoms with Crippen molar-refractivity contribution in [1.29, 1.82) is 0 Å². The van der Waals surface area contributed by atoms with Crippen LogP contribution in [0.15, 0.2) is 40.9 Å². The third kappa shape index (κ3) is 7.02. The first-order valence-electron chi connectivity index (χ1n) is 8.69. The van der Waals surface area contributed by atoms with Gasteiger partial charge in [0, 0.05) is 13.1 Å². The Morgan fingerprint density at radius 2 is 1.76 bits per heavy atom. The van der Waals surface area contributed by atoms with Gasteiger partial charge in [-0.1, -0.05) is 57.5 Å². The average Bonchev–Trinajstić information content (AvgIpc) is 2.68. The molecule has 25 heavy (non-hydrogen) atoms. The first-order chi connectivity index (χ1) is 12.2. The summed E-state index contributed by atoms with van der Waals surface area (Å²) in [5.74, 6) is 0.564. The van der Waals surface area contributed by atoms with Gasteiger partial charge < -0.3 is 9.64 Å². The zero-order valence-corrected chi connectivity index (χ0v) is 17.4. The van der Waals surface area contributed by atoms with Crippen molar-refractivity contribution in [2.75, 3.05) is 20.3 Å². The number of ether oxygens (including phenoxy) is 1. The molecule has 1 amide bonds. The Morgan fingerprint density at radius 3 is 2.36 bits per heavy atom. The van der Waals surface area contributed by atoms with E-state index in [-0.39, 0.29) is 6.09 Å². The van der Waals surface area contributed by atoms with Crippen LogP contribution in [0.5, 0.6) is 5.75 Å². The van der Waals surface area contributed by atoms with Crippen molar-refractivity contribution in [2.45, 2.75) is 40.5 Å². The van der Waals surface area contributed by atoms with Gasteiger partial charge in [0.05, 0.1) is 11.7 Å². The van der Waals surface area contributed by atoms with Gasteiger partial charge in [-0.15, -0.1) is 0 Å². The van der Waals surface area contributed by atoms with E-state index in [0.717, 1.165) is 34.6 Å². The van der Waals surface area contributed by atoms with Crippen LogP contribution in [0.2, 0.25) is 0 Å². The summed E-state index contributed by atoms with van der Waals surface area (Å²) in [4.78, 5) is 13.9. The molecule has 5 heteroatoms. The van der Waals surface area contributed by atoms with Gasteiger partial charge in [0.2, 0.25) is 0 Å². The Hall–Kier alpha value is -1.62. The van der Waals surface area contributed by atoms with E-state index in [2.05, 4.69) is 22.9 Å². The summed E-state index contributed by atoms with van der Waals surface area (Å²) in [5.41, 5.74) is 0. The van der Waals surface area contributed by atoms with Crippen LogP contribution in [-0.2, 0) is 0 Å². The minimum absolute atomic E-state index is 0.290. The number of carbonyl (C=O) groups excluding carboxylic acids is 1. The van der Waals surface area contributed by atoms with Crippen molar-refractivity contribution in [2.24, 2.45) is 0 Å². The molecule has 0 aromatic heterocycles. The Bertz CT molecular complexity index is 634. The highest BCUT2D eigenvalue weighted by Gasteiger charge is 2.16. The molecule has 3 nitrogen and oxygen atoms in total. The van der Waals surface area contributed by atoms with Crippen molar-refractivity contribution in [3.05, 3.63) is 40.9 Å². The molecular formula is C20H29BrFNO2. The van der Waals surface area contributed by atoms with E-state index in [9.17, 15) is 9.18 Å². The maximum absolute atomic E-state index is 12.2. The highest BCUT2D eigenvalue weighted by molar-refractivity contribution is 9.10. The Balaban J connectivity index is 0.00000134. The van der Waals surface area contributed by atoms with Gasteiger partial charge in [0.25, 0.3) is 0 Å². The summed E-state index contributed by atoms with van der Waals surface area (Å²) in [6.45, 7) is 9.46. The van der Waals surface area contributed by atoms with E-state index in [0.29, 0.717) is 19.5 Å². The zero-order chi connectivity index (χ0) is 19.2. The Morgan fingerprint density at radius 1 is 1.12 bits per heavy atom. The third-order valence-corrected chi connectivity index (χ3v) is 4.26. The maximum Gasteiger partial charge on any atom is 0.415 e.